The highest BCUT2D eigenvalue weighted by molar-refractivity contribution is 9.09. The van der Waals surface area contributed by atoms with Gasteiger partial charge < -0.3 is 4.74 Å². The van der Waals surface area contributed by atoms with E-state index in [1.807, 2.05) is 18.2 Å². The molecule has 0 N–H and O–H groups in total. The van der Waals surface area contributed by atoms with Crippen molar-refractivity contribution in [1.82, 2.24) is 4.90 Å². The molecule has 1 rings (SSSR count). The maximum absolute atomic E-state index is 6.15. The Morgan fingerprint density at radius 3 is 2.41 bits per heavy atom. The molecule has 0 unspecified atom stereocenters. The molecule has 0 atom stereocenters. The van der Waals surface area contributed by atoms with E-state index >= 15 is 0 Å². The average molecular weight is 341 g/mol. The van der Waals surface area contributed by atoms with Crippen LogP contribution in [0.25, 0.3) is 0 Å². The number of methoxy groups -OCH3 is 1. The van der Waals surface area contributed by atoms with E-state index in [0.29, 0.717) is 6.61 Å². The Balaban J connectivity index is 2.70. The second-order valence-corrected chi connectivity index (χ2v) is 5.27. The fourth-order valence-electron chi connectivity index (χ4n) is 1.52. The van der Waals surface area contributed by atoms with E-state index in [0.717, 1.165) is 40.6 Å². The molecule has 5 heteroatoms. The van der Waals surface area contributed by atoms with E-state index in [1.54, 1.807) is 7.11 Å². The minimum Gasteiger partial charge on any atom is -0.383 e. The summed E-state index contributed by atoms with van der Waals surface area (Å²) in [6.07, 6.45) is 0. The van der Waals surface area contributed by atoms with Crippen molar-refractivity contribution in [3.63, 3.8) is 0 Å². The highest BCUT2D eigenvalue weighted by Crippen LogP contribution is 2.25. The zero-order chi connectivity index (χ0) is 12.7. The van der Waals surface area contributed by atoms with Crippen LogP contribution in [0.1, 0.15) is 5.56 Å². The zero-order valence-electron chi connectivity index (χ0n) is 9.76. The molecule has 0 saturated heterocycles. The number of hydrogen-bond donors (Lipinski definition) is 0. The zero-order valence-corrected chi connectivity index (χ0v) is 12.9. The highest BCUT2D eigenvalue weighted by atomic mass is 79.9. The summed E-state index contributed by atoms with van der Waals surface area (Å²) in [6.45, 7) is 3.25. The van der Waals surface area contributed by atoms with E-state index in [2.05, 4.69) is 20.8 Å². The third-order valence-electron chi connectivity index (χ3n) is 2.46. The molecule has 0 fully saturated rings. The third kappa shape index (κ3) is 5.14. The van der Waals surface area contributed by atoms with E-state index in [4.69, 9.17) is 27.9 Å². The summed E-state index contributed by atoms with van der Waals surface area (Å²) >= 11 is 15.8. The van der Waals surface area contributed by atoms with Crippen LogP contribution >= 0.6 is 39.1 Å². The van der Waals surface area contributed by atoms with E-state index < -0.39 is 0 Å². The summed E-state index contributed by atoms with van der Waals surface area (Å²) in [5.74, 6) is 0. The molecule has 17 heavy (non-hydrogen) atoms. The van der Waals surface area contributed by atoms with Gasteiger partial charge in [-0.3, -0.25) is 4.90 Å². The molecule has 0 amide bonds. The Bertz CT molecular complexity index is 329. The molecule has 0 aromatic heterocycles. The average Bonchev–Trinajstić information content (AvgIpc) is 2.31. The van der Waals surface area contributed by atoms with Gasteiger partial charge in [-0.2, -0.15) is 0 Å². The first-order valence-corrected chi connectivity index (χ1v) is 7.27. The molecule has 0 aliphatic heterocycles. The molecule has 0 saturated carbocycles. The van der Waals surface area contributed by atoms with Crippen LogP contribution in [-0.4, -0.2) is 37.0 Å². The van der Waals surface area contributed by atoms with Gasteiger partial charge in [0.25, 0.3) is 0 Å². The molecular weight excluding hydrogens is 325 g/mol. The quantitative estimate of drug-likeness (QED) is 0.699. The van der Waals surface area contributed by atoms with Crippen molar-refractivity contribution in [2.45, 2.75) is 6.54 Å². The van der Waals surface area contributed by atoms with Crippen molar-refractivity contribution in [1.29, 1.82) is 0 Å². The predicted octanol–water partition coefficient (Wildman–Crippen LogP) is 3.84. The van der Waals surface area contributed by atoms with Crippen molar-refractivity contribution < 1.29 is 4.74 Å². The van der Waals surface area contributed by atoms with Crippen LogP contribution in [-0.2, 0) is 11.3 Å². The fraction of sp³-hybridized carbons (Fsp3) is 0.500. The monoisotopic (exact) mass is 339 g/mol. The second-order valence-electron chi connectivity index (χ2n) is 3.66. The standard InChI is InChI=1S/C12H16BrCl2NO/c1-17-8-7-16(6-5-13)9-10-11(14)3-2-4-12(10)15/h2-4H,5-9H2,1H3. The maximum atomic E-state index is 6.15. The largest absolute Gasteiger partial charge is 0.383 e. The van der Waals surface area contributed by atoms with E-state index in [1.165, 1.54) is 0 Å². The number of hydrogen-bond acceptors (Lipinski definition) is 2. The summed E-state index contributed by atoms with van der Waals surface area (Å²) in [7, 11) is 1.70. The number of nitrogens with zero attached hydrogens (tertiary/aromatic N) is 1. The van der Waals surface area contributed by atoms with Crippen LogP contribution < -0.4 is 0 Å². The molecule has 1 aromatic carbocycles. The Labute approximate surface area is 121 Å². The molecule has 0 aliphatic carbocycles. The van der Waals surface area contributed by atoms with Gasteiger partial charge in [0.15, 0.2) is 0 Å². The first kappa shape index (κ1) is 15.3. The van der Waals surface area contributed by atoms with Gasteiger partial charge in [-0.05, 0) is 12.1 Å². The number of benzene rings is 1. The molecule has 0 radical (unpaired) electrons. The van der Waals surface area contributed by atoms with Gasteiger partial charge in [0.05, 0.1) is 6.61 Å². The van der Waals surface area contributed by atoms with Gasteiger partial charge in [0.2, 0.25) is 0 Å². The number of halogens is 3. The minimum absolute atomic E-state index is 0.703. The summed E-state index contributed by atoms with van der Waals surface area (Å²) in [6, 6.07) is 5.59. The Morgan fingerprint density at radius 1 is 1.24 bits per heavy atom. The van der Waals surface area contributed by atoms with Crippen LogP contribution in [0.5, 0.6) is 0 Å². The lowest BCUT2D eigenvalue weighted by molar-refractivity contribution is 0.148. The predicted molar refractivity (Wildman–Crippen MR) is 77.4 cm³/mol. The molecular formula is C12H16BrCl2NO. The van der Waals surface area contributed by atoms with Crippen LogP contribution in [0.4, 0.5) is 0 Å². The second kappa shape index (κ2) is 8.33. The molecule has 0 spiro atoms. The van der Waals surface area contributed by atoms with Crippen molar-refractivity contribution in [2.75, 3.05) is 32.1 Å². The Kier molecular flexibility index (Phi) is 7.47. The van der Waals surface area contributed by atoms with Crippen molar-refractivity contribution in [3.05, 3.63) is 33.8 Å². The molecule has 0 heterocycles. The summed E-state index contributed by atoms with van der Waals surface area (Å²) < 4.78 is 5.09. The molecule has 0 bridgehead atoms. The number of rotatable bonds is 7. The smallest absolute Gasteiger partial charge is 0.0589 e. The van der Waals surface area contributed by atoms with Gasteiger partial charge in [-0.25, -0.2) is 0 Å². The molecule has 2 nitrogen and oxygen atoms in total. The van der Waals surface area contributed by atoms with Crippen LogP contribution in [0, 0.1) is 0 Å². The van der Waals surface area contributed by atoms with Crippen LogP contribution in [0.3, 0.4) is 0 Å². The van der Waals surface area contributed by atoms with Gasteiger partial charge in [-0.15, -0.1) is 0 Å². The lowest BCUT2D eigenvalue weighted by Gasteiger charge is -2.22. The summed E-state index contributed by atoms with van der Waals surface area (Å²) in [4.78, 5) is 2.26. The van der Waals surface area contributed by atoms with E-state index in [-0.39, 0.29) is 0 Å². The summed E-state index contributed by atoms with van der Waals surface area (Å²) in [5.41, 5.74) is 0.980. The van der Waals surface area contributed by atoms with Crippen LogP contribution in [0.2, 0.25) is 10.0 Å². The summed E-state index contributed by atoms with van der Waals surface area (Å²) in [5, 5.41) is 2.35. The first-order valence-electron chi connectivity index (χ1n) is 5.39. The van der Waals surface area contributed by atoms with E-state index in [9.17, 15) is 0 Å². The maximum Gasteiger partial charge on any atom is 0.0589 e. The molecule has 0 aliphatic rings. The third-order valence-corrected chi connectivity index (χ3v) is 3.52. The van der Waals surface area contributed by atoms with Crippen molar-refractivity contribution in [3.8, 4) is 0 Å². The number of alkyl halides is 1. The SMILES string of the molecule is COCCN(CCBr)Cc1c(Cl)cccc1Cl. The molecule has 96 valence electrons. The van der Waals surface area contributed by atoms with Crippen molar-refractivity contribution >= 4 is 39.1 Å². The van der Waals surface area contributed by atoms with Gasteiger partial charge in [-0.1, -0.05) is 45.2 Å². The van der Waals surface area contributed by atoms with Crippen molar-refractivity contribution in [2.24, 2.45) is 0 Å². The van der Waals surface area contributed by atoms with Gasteiger partial charge in [0.1, 0.15) is 0 Å². The van der Waals surface area contributed by atoms with Crippen LogP contribution in [0.15, 0.2) is 18.2 Å². The van der Waals surface area contributed by atoms with Gasteiger partial charge >= 0.3 is 0 Å². The van der Waals surface area contributed by atoms with Gasteiger partial charge in [0, 0.05) is 47.7 Å². The fourth-order valence-corrected chi connectivity index (χ4v) is 2.54. The minimum atomic E-state index is 0.703. The topological polar surface area (TPSA) is 12.5 Å². The normalized spacial score (nSPS) is 11.1. The number of ether oxygens (including phenoxy) is 1. The lowest BCUT2D eigenvalue weighted by Crippen LogP contribution is -2.29. The first-order chi connectivity index (χ1) is 8.19. The lowest BCUT2D eigenvalue weighted by atomic mass is 10.2. The Morgan fingerprint density at radius 2 is 1.88 bits per heavy atom. The Hall–Kier alpha value is 0.200. The molecule has 1 aromatic rings. The highest BCUT2D eigenvalue weighted by Gasteiger charge is 2.10.